The third-order valence-electron chi connectivity index (χ3n) is 3.40. The molecule has 0 aliphatic carbocycles. The summed E-state index contributed by atoms with van der Waals surface area (Å²) < 4.78 is 1.06. The minimum Gasteiger partial charge on any atom is -0.304 e. The number of aromatic nitrogens is 1. The Labute approximate surface area is 137 Å². The summed E-state index contributed by atoms with van der Waals surface area (Å²) in [6.07, 6.45) is 1.10. The van der Waals surface area contributed by atoms with E-state index in [0.29, 0.717) is 0 Å². The van der Waals surface area contributed by atoms with Gasteiger partial charge in [-0.3, -0.25) is 0 Å². The van der Waals surface area contributed by atoms with Crippen LogP contribution in [0.2, 0.25) is 0 Å². The highest BCUT2D eigenvalue weighted by Gasteiger charge is 2.19. The Balaban J connectivity index is 2.07. The Hall–Kier alpha value is -1.23. The maximum atomic E-state index is 4.88. The maximum absolute atomic E-state index is 4.88. The molecule has 1 N–H and O–H groups in total. The van der Waals surface area contributed by atoms with Gasteiger partial charge in [0.2, 0.25) is 0 Å². The third kappa shape index (κ3) is 3.18. The molecule has 0 fully saturated rings. The molecule has 4 heteroatoms. The summed E-state index contributed by atoms with van der Waals surface area (Å²) in [5.41, 5.74) is 2.10. The van der Waals surface area contributed by atoms with Crippen LogP contribution in [0.3, 0.4) is 0 Å². The summed E-state index contributed by atoms with van der Waals surface area (Å²) in [4.78, 5) is 6.18. The van der Waals surface area contributed by atoms with Crippen molar-refractivity contribution in [3.05, 3.63) is 62.9 Å². The fraction of sp³-hybridized carbons (Fsp3) is 0.235. The minimum absolute atomic E-state index is 0.143. The SMILES string of the molecule is CCCNC(c1cccs1)c1nc2ccccc2cc1Br. The topological polar surface area (TPSA) is 24.9 Å². The molecule has 0 spiro atoms. The normalized spacial score (nSPS) is 12.7. The van der Waals surface area contributed by atoms with Crippen molar-refractivity contribution in [2.75, 3.05) is 6.54 Å². The summed E-state index contributed by atoms with van der Waals surface area (Å²) in [7, 11) is 0. The van der Waals surface area contributed by atoms with E-state index in [-0.39, 0.29) is 6.04 Å². The van der Waals surface area contributed by atoms with E-state index < -0.39 is 0 Å². The van der Waals surface area contributed by atoms with Gasteiger partial charge in [0, 0.05) is 14.7 Å². The summed E-state index contributed by atoms with van der Waals surface area (Å²) in [5.74, 6) is 0. The number of nitrogens with one attached hydrogen (secondary N) is 1. The van der Waals surface area contributed by atoms with Crippen LogP contribution >= 0.6 is 27.3 Å². The van der Waals surface area contributed by atoms with Crippen molar-refractivity contribution in [3.8, 4) is 0 Å². The fourth-order valence-electron chi connectivity index (χ4n) is 2.38. The highest BCUT2D eigenvalue weighted by atomic mass is 79.9. The molecule has 0 saturated carbocycles. The minimum atomic E-state index is 0.143. The molecule has 1 atom stereocenters. The van der Waals surface area contributed by atoms with Gasteiger partial charge in [-0.25, -0.2) is 4.98 Å². The van der Waals surface area contributed by atoms with Crippen molar-refractivity contribution >= 4 is 38.2 Å². The maximum Gasteiger partial charge on any atom is 0.0856 e. The van der Waals surface area contributed by atoms with Crippen LogP contribution in [-0.2, 0) is 0 Å². The molecule has 1 unspecified atom stereocenters. The van der Waals surface area contributed by atoms with E-state index in [9.17, 15) is 0 Å². The molecule has 1 aromatic carbocycles. The van der Waals surface area contributed by atoms with E-state index in [4.69, 9.17) is 4.98 Å². The number of para-hydroxylation sites is 1. The second-order valence-electron chi connectivity index (χ2n) is 4.95. The molecule has 0 radical (unpaired) electrons. The van der Waals surface area contributed by atoms with Crippen LogP contribution in [0, 0.1) is 0 Å². The average Bonchev–Trinajstić information content (AvgIpc) is 3.02. The van der Waals surface area contributed by atoms with Crippen LogP contribution in [0.25, 0.3) is 10.9 Å². The molecule has 2 nitrogen and oxygen atoms in total. The van der Waals surface area contributed by atoms with Crippen LogP contribution in [0.15, 0.2) is 52.3 Å². The first-order valence-electron chi connectivity index (χ1n) is 7.11. The molecule has 0 saturated heterocycles. The first kappa shape index (κ1) is 14.7. The van der Waals surface area contributed by atoms with Crippen LogP contribution in [0.4, 0.5) is 0 Å². The lowest BCUT2D eigenvalue weighted by molar-refractivity contribution is 0.593. The van der Waals surface area contributed by atoms with Crippen molar-refractivity contribution in [3.63, 3.8) is 0 Å². The van der Waals surface area contributed by atoms with Crippen LogP contribution in [0.1, 0.15) is 30.0 Å². The van der Waals surface area contributed by atoms with Gasteiger partial charge in [0.1, 0.15) is 0 Å². The molecule has 21 heavy (non-hydrogen) atoms. The quantitative estimate of drug-likeness (QED) is 0.680. The molecule has 2 heterocycles. The molecule has 3 rings (SSSR count). The Morgan fingerprint density at radius 1 is 1.24 bits per heavy atom. The number of thiophene rings is 1. The zero-order valence-corrected chi connectivity index (χ0v) is 14.2. The van der Waals surface area contributed by atoms with Gasteiger partial charge in [-0.1, -0.05) is 31.2 Å². The number of hydrogen-bond donors (Lipinski definition) is 1. The highest BCUT2D eigenvalue weighted by molar-refractivity contribution is 9.10. The molecule has 0 aliphatic rings. The van der Waals surface area contributed by atoms with E-state index in [1.54, 1.807) is 11.3 Å². The van der Waals surface area contributed by atoms with Gasteiger partial charge in [-0.05, 0) is 52.5 Å². The van der Waals surface area contributed by atoms with Gasteiger partial charge in [-0.2, -0.15) is 0 Å². The molecular weight excluding hydrogens is 344 g/mol. The number of rotatable bonds is 5. The number of hydrogen-bond acceptors (Lipinski definition) is 3. The summed E-state index contributed by atoms with van der Waals surface area (Å²) >= 11 is 5.46. The monoisotopic (exact) mass is 360 g/mol. The van der Waals surface area contributed by atoms with Gasteiger partial charge in [-0.15, -0.1) is 11.3 Å². The van der Waals surface area contributed by atoms with E-state index in [2.05, 4.69) is 63.9 Å². The molecule has 2 aromatic heterocycles. The van der Waals surface area contributed by atoms with Crippen molar-refractivity contribution in [2.24, 2.45) is 0 Å². The predicted octanol–water partition coefficient (Wildman–Crippen LogP) is 5.15. The van der Waals surface area contributed by atoms with E-state index in [1.165, 1.54) is 4.88 Å². The smallest absolute Gasteiger partial charge is 0.0856 e. The second-order valence-corrected chi connectivity index (χ2v) is 6.78. The first-order chi connectivity index (χ1) is 10.3. The molecular formula is C17H17BrN2S. The third-order valence-corrected chi connectivity index (χ3v) is 4.98. The number of nitrogens with zero attached hydrogens (tertiary/aromatic N) is 1. The van der Waals surface area contributed by atoms with Crippen molar-refractivity contribution in [1.82, 2.24) is 10.3 Å². The standard InChI is InChI=1S/C17H17BrN2S/c1-2-9-19-17(15-8-5-10-21-15)16-13(18)11-12-6-3-4-7-14(12)20-16/h3-8,10-11,17,19H,2,9H2,1H3. The second kappa shape index (κ2) is 6.69. The van der Waals surface area contributed by atoms with Gasteiger partial charge >= 0.3 is 0 Å². The van der Waals surface area contributed by atoms with Crippen molar-refractivity contribution in [1.29, 1.82) is 0 Å². The fourth-order valence-corrected chi connectivity index (χ4v) is 3.75. The highest BCUT2D eigenvalue weighted by Crippen LogP contribution is 2.31. The van der Waals surface area contributed by atoms with Gasteiger partial charge in [0.15, 0.2) is 0 Å². The molecule has 3 aromatic rings. The first-order valence-corrected chi connectivity index (χ1v) is 8.79. The predicted molar refractivity (Wildman–Crippen MR) is 93.9 cm³/mol. The zero-order valence-electron chi connectivity index (χ0n) is 11.8. The van der Waals surface area contributed by atoms with Crippen molar-refractivity contribution in [2.45, 2.75) is 19.4 Å². The van der Waals surface area contributed by atoms with Crippen LogP contribution in [0.5, 0.6) is 0 Å². The lowest BCUT2D eigenvalue weighted by Crippen LogP contribution is -2.23. The molecule has 0 aliphatic heterocycles. The number of halogens is 1. The van der Waals surface area contributed by atoms with Crippen molar-refractivity contribution < 1.29 is 0 Å². The van der Waals surface area contributed by atoms with E-state index in [1.807, 2.05) is 12.1 Å². The van der Waals surface area contributed by atoms with E-state index in [0.717, 1.165) is 34.0 Å². The number of pyridine rings is 1. The van der Waals surface area contributed by atoms with E-state index >= 15 is 0 Å². The van der Waals surface area contributed by atoms with Crippen LogP contribution in [-0.4, -0.2) is 11.5 Å². The molecule has 108 valence electrons. The number of benzene rings is 1. The lowest BCUT2D eigenvalue weighted by atomic mass is 10.1. The Morgan fingerprint density at radius 3 is 2.86 bits per heavy atom. The summed E-state index contributed by atoms with van der Waals surface area (Å²) in [6, 6.07) is 14.8. The molecule has 0 amide bonds. The Kier molecular flexibility index (Phi) is 4.68. The van der Waals surface area contributed by atoms with Crippen LogP contribution < -0.4 is 5.32 Å². The van der Waals surface area contributed by atoms with Gasteiger partial charge in [0.05, 0.1) is 17.3 Å². The average molecular weight is 361 g/mol. The van der Waals surface area contributed by atoms with Gasteiger partial charge < -0.3 is 5.32 Å². The zero-order chi connectivity index (χ0) is 14.7. The Morgan fingerprint density at radius 2 is 2.10 bits per heavy atom. The largest absolute Gasteiger partial charge is 0.304 e. The van der Waals surface area contributed by atoms with Gasteiger partial charge in [0.25, 0.3) is 0 Å². The Bertz CT molecular complexity index is 725. The molecule has 0 bridgehead atoms. The summed E-state index contributed by atoms with van der Waals surface area (Å²) in [6.45, 7) is 3.16. The summed E-state index contributed by atoms with van der Waals surface area (Å²) in [5, 5.41) is 6.89. The number of fused-ring (bicyclic) bond motifs is 1. The lowest BCUT2D eigenvalue weighted by Gasteiger charge is -2.18.